The molecule has 0 saturated carbocycles. The Morgan fingerprint density at radius 2 is 1.41 bits per heavy atom. The predicted molar refractivity (Wildman–Crippen MR) is 126 cm³/mol. The van der Waals surface area contributed by atoms with Gasteiger partial charge in [-0.2, -0.15) is 4.31 Å². The molecule has 0 bridgehead atoms. The number of rotatable bonds is 9. The van der Waals surface area contributed by atoms with Crippen molar-refractivity contribution in [1.29, 1.82) is 0 Å². The van der Waals surface area contributed by atoms with Crippen LogP contribution in [0.5, 0.6) is 5.75 Å². The molecule has 3 aromatic carbocycles. The zero-order valence-electron chi connectivity index (χ0n) is 17.8. The van der Waals surface area contributed by atoms with E-state index in [0.717, 1.165) is 15.6 Å². The van der Waals surface area contributed by atoms with Crippen molar-refractivity contribution < 1.29 is 22.7 Å². The van der Waals surface area contributed by atoms with Crippen LogP contribution in [0.15, 0.2) is 82.2 Å². The predicted octanol–water partition coefficient (Wildman–Crippen LogP) is 5.03. The number of ether oxygens (including phenoxy) is 2. The number of carbonyl (C=O) groups excluding carboxylic acids is 1. The molecule has 3 rings (SSSR count). The second kappa shape index (κ2) is 10.8. The van der Waals surface area contributed by atoms with Crippen LogP contribution in [0.2, 0.25) is 0 Å². The van der Waals surface area contributed by atoms with Gasteiger partial charge in [0.15, 0.2) is 0 Å². The van der Waals surface area contributed by atoms with E-state index in [-0.39, 0.29) is 18.0 Å². The highest BCUT2D eigenvalue weighted by Crippen LogP contribution is 2.24. The first-order valence-electron chi connectivity index (χ1n) is 9.98. The number of esters is 1. The third-order valence-corrected chi connectivity index (χ3v) is 7.13. The summed E-state index contributed by atoms with van der Waals surface area (Å²) < 4.78 is 39.3. The standard InChI is InChI=1S/C24H24BrNO5S/c1-3-31-24(27)20-8-4-18(5-9-20)16-26(17-19-6-12-22(30-2)13-7-19)32(28,29)23-14-10-21(25)11-15-23/h4-15H,3,16-17H2,1-2H3. The van der Waals surface area contributed by atoms with E-state index < -0.39 is 16.0 Å². The molecule has 0 aliphatic heterocycles. The van der Waals surface area contributed by atoms with Crippen molar-refractivity contribution in [3.63, 3.8) is 0 Å². The van der Waals surface area contributed by atoms with Gasteiger partial charge in [0.25, 0.3) is 0 Å². The van der Waals surface area contributed by atoms with Crippen LogP contribution in [0.3, 0.4) is 0 Å². The molecule has 0 aromatic heterocycles. The summed E-state index contributed by atoms with van der Waals surface area (Å²) in [6, 6.07) is 20.6. The lowest BCUT2D eigenvalue weighted by Gasteiger charge is -2.23. The van der Waals surface area contributed by atoms with Crippen molar-refractivity contribution in [2.24, 2.45) is 0 Å². The van der Waals surface area contributed by atoms with Crippen LogP contribution in [0, 0.1) is 0 Å². The van der Waals surface area contributed by atoms with E-state index in [1.54, 1.807) is 74.7 Å². The van der Waals surface area contributed by atoms with E-state index in [2.05, 4.69) is 15.9 Å². The largest absolute Gasteiger partial charge is 0.497 e. The van der Waals surface area contributed by atoms with E-state index in [4.69, 9.17) is 9.47 Å². The fourth-order valence-corrected chi connectivity index (χ4v) is 4.76. The molecule has 0 atom stereocenters. The Balaban J connectivity index is 1.90. The van der Waals surface area contributed by atoms with Gasteiger partial charge in [-0.05, 0) is 66.6 Å². The highest BCUT2D eigenvalue weighted by atomic mass is 79.9. The summed E-state index contributed by atoms with van der Waals surface area (Å²) >= 11 is 3.34. The number of sulfonamides is 1. The molecule has 0 aliphatic carbocycles. The van der Waals surface area contributed by atoms with Crippen LogP contribution >= 0.6 is 15.9 Å². The minimum Gasteiger partial charge on any atom is -0.497 e. The van der Waals surface area contributed by atoms with Gasteiger partial charge in [0.1, 0.15) is 5.75 Å². The minimum absolute atomic E-state index is 0.146. The van der Waals surface area contributed by atoms with E-state index in [1.165, 1.54) is 4.31 Å². The average Bonchev–Trinajstić information content (AvgIpc) is 2.80. The molecule has 168 valence electrons. The van der Waals surface area contributed by atoms with Crippen molar-refractivity contribution in [3.05, 3.63) is 94.0 Å². The van der Waals surface area contributed by atoms with Crippen LogP contribution in [0.25, 0.3) is 0 Å². The quantitative estimate of drug-likeness (QED) is 0.372. The summed E-state index contributed by atoms with van der Waals surface area (Å²) in [6.45, 7) is 2.37. The summed E-state index contributed by atoms with van der Waals surface area (Å²) in [4.78, 5) is 12.1. The number of hydrogen-bond donors (Lipinski definition) is 0. The molecule has 0 unspecified atom stereocenters. The Hall–Kier alpha value is -2.68. The van der Waals surface area contributed by atoms with Gasteiger partial charge in [-0.15, -0.1) is 0 Å². The minimum atomic E-state index is -3.78. The molecule has 6 nitrogen and oxygen atoms in total. The van der Waals surface area contributed by atoms with Gasteiger partial charge in [0.05, 0.1) is 24.2 Å². The lowest BCUT2D eigenvalue weighted by atomic mass is 10.1. The number of benzene rings is 3. The molecule has 0 radical (unpaired) electrons. The van der Waals surface area contributed by atoms with Gasteiger partial charge in [0, 0.05) is 17.6 Å². The SMILES string of the molecule is CCOC(=O)c1ccc(CN(Cc2ccc(OC)cc2)S(=O)(=O)c2ccc(Br)cc2)cc1. The smallest absolute Gasteiger partial charge is 0.338 e. The van der Waals surface area contributed by atoms with Crippen LogP contribution in [-0.2, 0) is 27.8 Å². The Labute approximate surface area is 197 Å². The van der Waals surface area contributed by atoms with Crippen molar-refractivity contribution in [2.45, 2.75) is 24.9 Å². The van der Waals surface area contributed by atoms with Gasteiger partial charge < -0.3 is 9.47 Å². The summed E-state index contributed by atoms with van der Waals surface area (Å²) in [7, 11) is -2.19. The fraction of sp³-hybridized carbons (Fsp3) is 0.208. The van der Waals surface area contributed by atoms with Crippen LogP contribution in [0.4, 0.5) is 0 Å². The van der Waals surface area contributed by atoms with E-state index in [9.17, 15) is 13.2 Å². The number of nitrogens with zero attached hydrogens (tertiary/aromatic N) is 1. The zero-order chi connectivity index (χ0) is 23.1. The second-order valence-electron chi connectivity index (χ2n) is 6.99. The molecule has 0 fully saturated rings. The molecule has 0 heterocycles. The number of methoxy groups -OCH3 is 1. The van der Waals surface area contributed by atoms with Gasteiger partial charge >= 0.3 is 5.97 Å². The van der Waals surface area contributed by atoms with Gasteiger partial charge in [-0.25, -0.2) is 13.2 Å². The monoisotopic (exact) mass is 517 g/mol. The van der Waals surface area contributed by atoms with Crippen molar-refractivity contribution in [3.8, 4) is 5.75 Å². The van der Waals surface area contributed by atoms with Gasteiger partial charge in [-0.3, -0.25) is 0 Å². The summed E-state index contributed by atoms with van der Waals surface area (Å²) in [5.74, 6) is 0.294. The molecule has 0 spiro atoms. The molecular formula is C24H24BrNO5S. The van der Waals surface area contributed by atoms with Gasteiger partial charge in [0.2, 0.25) is 10.0 Å². The molecule has 0 amide bonds. The first-order chi connectivity index (χ1) is 15.3. The Kier molecular flexibility index (Phi) is 8.06. The highest BCUT2D eigenvalue weighted by molar-refractivity contribution is 9.10. The third-order valence-electron chi connectivity index (χ3n) is 4.79. The fourth-order valence-electron chi connectivity index (χ4n) is 3.08. The lowest BCUT2D eigenvalue weighted by Crippen LogP contribution is -2.30. The molecular weight excluding hydrogens is 494 g/mol. The van der Waals surface area contributed by atoms with Crippen LogP contribution in [0.1, 0.15) is 28.4 Å². The van der Waals surface area contributed by atoms with Crippen molar-refractivity contribution in [1.82, 2.24) is 4.31 Å². The van der Waals surface area contributed by atoms with Crippen LogP contribution in [-0.4, -0.2) is 32.4 Å². The third kappa shape index (κ3) is 5.97. The van der Waals surface area contributed by atoms with E-state index in [1.807, 2.05) is 12.1 Å². The van der Waals surface area contributed by atoms with E-state index >= 15 is 0 Å². The molecule has 8 heteroatoms. The topological polar surface area (TPSA) is 72.9 Å². The normalized spacial score (nSPS) is 11.4. The first-order valence-corrected chi connectivity index (χ1v) is 12.2. The Morgan fingerprint density at radius 1 is 0.875 bits per heavy atom. The highest BCUT2D eigenvalue weighted by Gasteiger charge is 2.25. The summed E-state index contributed by atoms with van der Waals surface area (Å²) in [5, 5.41) is 0. The van der Waals surface area contributed by atoms with Crippen molar-refractivity contribution >= 4 is 31.9 Å². The first kappa shape index (κ1) is 24.0. The number of halogens is 1. The molecule has 0 saturated heterocycles. The lowest BCUT2D eigenvalue weighted by molar-refractivity contribution is 0.0526. The molecule has 3 aromatic rings. The van der Waals surface area contributed by atoms with Crippen molar-refractivity contribution in [2.75, 3.05) is 13.7 Å². The zero-order valence-corrected chi connectivity index (χ0v) is 20.2. The van der Waals surface area contributed by atoms with E-state index in [0.29, 0.717) is 17.9 Å². The maximum atomic E-state index is 13.4. The second-order valence-corrected chi connectivity index (χ2v) is 9.85. The van der Waals surface area contributed by atoms with Gasteiger partial charge in [-0.1, -0.05) is 40.2 Å². The average molecular weight is 518 g/mol. The van der Waals surface area contributed by atoms with Crippen LogP contribution < -0.4 is 4.74 Å². The maximum Gasteiger partial charge on any atom is 0.338 e. The Morgan fingerprint density at radius 3 is 1.91 bits per heavy atom. The number of carbonyl (C=O) groups is 1. The Bertz CT molecular complexity index is 1140. The summed E-state index contributed by atoms with van der Waals surface area (Å²) in [5.41, 5.74) is 2.01. The summed E-state index contributed by atoms with van der Waals surface area (Å²) in [6.07, 6.45) is 0. The number of hydrogen-bond acceptors (Lipinski definition) is 5. The maximum absolute atomic E-state index is 13.4. The molecule has 32 heavy (non-hydrogen) atoms. The molecule has 0 N–H and O–H groups in total. The molecule has 0 aliphatic rings.